The number of halogens is 1. The first-order chi connectivity index (χ1) is 21.1. The highest BCUT2D eigenvalue weighted by molar-refractivity contribution is 7.92. The molecule has 0 radical (unpaired) electrons. The largest absolute Gasteiger partial charge is 0.493 e. The van der Waals surface area contributed by atoms with E-state index in [1.165, 1.54) is 37.3 Å². The van der Waals surface area contributed by atoms with Crippen molar-refractivity contribution in [2.45, 2.75) is 69.5 Å². The van der Waals surface area contributed by atoms with Gasteiger partial charge >= 0.3 is 0 Å². The Kier molecular flexibility index (Phi) is 11.2. The maximum Gasteiger partial charge on any atom is 0.264 e. The van der Waals surface area contributed by atoms with Crippen LogP contribution in [0.3, 0.4) is 0 Å². The molecule has 3 aromatic rings. The van der Waals surface area contributed by atoms with Crippen LogP contribution in [0.1, 0.15) is 50.2 Å². The van der Waals surface area contributed by atoms with Crippen molar-refractivity contribution in [3.05, 3.63) is 82.9 Å². The molecule has 1 aliphatic rings. The number of anilines is 1. The molecule has 0 spiro atoms. The van der Waals surface area contributed by atoms with E-state index < -0.39 is 28.5 Å². The van der Waals surface area contributed by atoms with Crippen LogP contribution < -0.4 is 19.1 Å². The summed E-state index contributed by atoms with van der Waals surface area (Å²) in [6.45, 7) is 3.41. The first-order valence-corrected chi connectivity index (χ1v) is 16.5. The first-order valence-electron chi connectivity index (χ1n) is 14.7. The number of sulfonamides is 1. The molecule has 1 saturated carbocycles. The fraction of sp³-hybridized carbons (Fsp3) is 0.394. The molecule has 11 heteroatoms. The summed E-state index contributed by atoms with van der Waals surface area (Å²) in [5, 5.41) is 3.54. The number of aryl methyl sites for hydroxylation is 1. The van der Waals surface area contributed by atoms with Crippen LogP contribution in [0.25, 0.3) is 0 Å². The molecule has 0 aromatic heterocycles. The van der Waals surface area contributed by atoms with Gasteiger partial charge in [0.15, 0.2) is 11.5 Å². The van der Waals surface area contributed by atoms with Crippen LogP contribution in [0.2, 0.25) is 5.02 Å². The second-order valence-corrected chi connectivity index (χ2v) is 13.2. The molecule has 9 nitrogen and oxygen atoms in total. The lowest BCUT2D eigenvalue weighted by atomic mass is 10.1. The summed E-state index contributed by atoms with van der Waals surface area (Å²) in [7, 11) is -1.42. The minimum atomic E-state index is -4.30. The summed E-state index contributed by atoms with van der Waals surface area (Å²) >= 11 is 6.13. The van der Waals surface area contributed by atoms with Gasteiger partial charge in [0, 0.05) is 23.7 Å². The normalized spacial score (nSPS) is 14.1. The van der Waals surface area contributed by atoms with Gasteiger partial charge in [-0.05, 0) is 68.1 Å². The highest BCUT2D eigenvalue weighted by Gasteiger charge is 2.35. The van der Waals surface area contributed by atoms with Crippen LogP contribution in [0, 0.1) is 6.92 Å². The number of amides is 2. The van der Waals surface area contributed by atoms with Crippen LogP contribution in [-0.2, 0) is 26.2 Å². The molecule has 2 amide bonds. The molecule has 1 fully saturated rings. The minimum Gasteiger partial charge on any atom is -0.493 e. The molecule has 3 aromatic carbocycles. The number of rotatable bonds is 13. The molecule has 4 rings (SSSR count). The Morgan fingerprint density at radius 2 is 1.66 bits per heavy atom. The van der Waals surface area contributed by atoms with E-state index in [0.29, 0.717) is 17.2 Å². The van der Waals surface area contributed by atoms with Gasteiger partial charge in [-0.3, -0.25) is 13.9 Å². The molecule has 0 heterocycles. The van der Waals surface area contributed by atoms with Gasteiger partial charge in [-0.15, -0.1) is 0 Å². The molecule has 1 atom stereocenters. The number of hydrogen-bond acceptors (Lipinski definition) is 6. The lowest BCUT2D eigenvalue weighted by molar-refractivity contribution is -0.140. The highest BCUT2D eigenvalue weighted by Crippen LogP contribution is 2.33. The zero-order valence-electron chi connectivity index (χ0n) is 25.6. The average Bonchev–Trinajstić information content (AvgIpc) is 3.52. The van der Waals surface area contributed by atoms with Gasteiger partial charge in [-0.1, -0.05) is 61.2 Å². The van der Waals surface area contributed by atoms with Crippen molar-refractivity contribution in [1.82, 2.24) is 10.2 Å². The van der Waals surface area contributed by atoms with Crippen molar-refractivity contribution in [2.75, 3.05) is 25.1 Å². The Bertz CT molecular complexity index is 1560. The quantitative estimate of drug-likeness (QED) is 0.256. The fourth-order valence-electron chi connectivity index (χ4n) is 5.53. The number of carbonyl (C=O) groups excluding carboxylic acids is 2. The molecule has 0 saturated heterocycles. The lowest BCUT2D eigenvalue weighted by Gasteiger charge is -2.34. The number of benzene rings is 3. The predicted molar refractivity (Wildman–Crippen MR) is 172 cm³/mol. The average molecular weight is 642 g/mol. The summed E-state index contributed by atoms with van der Waals surface area (Å²) in [6.07, 6.45) is 4.28. The topological polar surface area (TPSA) is 105 Å². The summed E-state index contributed by atoms with van der Waals surface area (Å²) < 4.78 is 40.1. The second-order valence-electron chi connectivity index (χ2n) is 10.9. The maximum absolute atomic E-state index is 14.3. The standard InChI is InChI=1S/C33H40ClN3O6S/c1-5-29(33(39)35-26-11-6-7-12-26)36(21-24-10-8-9-23(2)19-24)32(38)22-37(27-15-13-25(34)14-16-27)44(40,41)28-17-18-30(42-3)31(20-28)43-4/h8-10,13-20,26,29H,5-7,11-12,21-22H2,1-4H3,(H,35,39). The fourth-order valence-corrected chi connectivity index (χ4v) is 7.09. The molecule has 1 unspecified atom stereocenters. The third kappa shape index (κ3) is 7.84. The van der Waals surface area contributed by atoms with E-state index in [1.807, 2.05) is 38.1 Å². The van der Waals surface area contributed by atoms with E-state index >= 15 is 0 Å². The van der Waals surface area contributed by atoms with Gasteiger partial charge < -0.3 is 19.7 Å². The Labute approximate surface area is 265 Å². The van der Waals surface area contributed by atoms with E-state index in [9.17, 15) is 18.0 Å². The van der Waals surface area contributed by atoms with E-state index in [1.54, 1.807) is 24.3 Å². The van der Waals surface area contributed by atoms with Gasteiger partial charge in [0.05, 0.1) is 24.8 Å². The molecule has 0 aliphatic heterocycles. The number of nitrogens with zero attached hydrogens (tertiary/aromatic N) is 2. The lowest BCUT2D eigenvalue weighted by Crippen LogP contribution is -2.53. The number of ether oxygens (including phenoxy) is 2. The zero-order chi connectivity index (χ0) is 31.9. The monoisotopic (exact) mass is 641 g/mol. The second kappa shape index (κ2) is 14.8. The molecule has 236 valence electrons. The van der Waals surface area contributed by atoms with Crippen LogP contribution in [0.5, 0.6) is 11.5 Å². The van der Waals surface area contributed by atoms with E-state index in [2.05, 4.69) is 5.32 Å². The Balaban J connectivity index is 1.74. The number of methoxy groups -OCH3 is 2. The van der Waals surface area contributed by atoms with Crippen molar-refractivity contribution in [3.8, 4) is 11.5 Å². The van der Waals surface area contributed by atoms with Crippen molar-refractivity contribution < 1.29 is 27.5 Å². The minimum absolute atomic E-state index is 0.0727. The van der Waals surface area contributed by atoms with Crippen LogP contribution in [0.15, 0.2) is 71.6 Å². The SMILES string of the molecule is CCC(C(=O)NC1CCCC1)N(Cc1cccc(C)c1)C(=O)CN(c1ccc(Cl)cc1)S(=O)(=O)c1ccc(OC)c(OC)c1. The van der Waals surface area contributed by atoms with E-state index in [4.69, 9.17) is 21.1 Å². The van der Waals surface area contributed by atoms with Crippen molar-refractivity contribution in [3.63, 3.8) is 0 Å². The predicted octanol–water partition coefficient (Wildman–Crippen LogP) is 5.73. The van der Waals surface area contributed by atoms with Gasteiger partial charge in [0.2, 0.25) is 11.8 Å². The van der Waals surface area contributed by atoms with Crippen LogP contribution in [0.4, 0.5) is 5.69 Å². The number of carbonyl (C=O) groups is 2. The molecular formula is C33H40ClN3O6S. The maximum atomic E-state index is 14.3. The molecular weight excluding hydrogens is 602 g/mol. The summed E-state index contributed by atoms with van der Waals surface area (Å²) in [5.41, 5.74) is 2.10. The van der Waals surface area contributed by atoms with Crippen molar-refractivity contribution in [1.29, 1.82) is 0 Å². The smallest absolute Gasteiger partial charge is 0.264 e. The zero-order valence-corrected chi connectivity index (χ0v) is 27.2. The Morgan fingerprint density at radius 1 is 0.977 bits per heavy atom. The highest BCUT2D eigenvalue weighted by atomic mass is 35.5. The summed E-state index contributed by atoms with van der Waals surface area (Å²) in [5.74, 6) is -0.157. The van der Waals surface area contributed by atoms with Crippen molar-refractivity contribution >= 4 is 39.1 Å². The number of nitrogens with one attached hydrogen (secondary N) is 1. The molecule has 0 bridgehead atoms. The van der Waals surface area contributed by atoms with Gasteiger partial charge in [-0.25, -0.2) is 8.42 Å². The van der Waals surface area contributed by atoms with Gasteiger partial charge in [0.25, 0.3) is 10.0 Å². The third-order valence-corrected chi connectivity index (χ3v) is 9.88. The molecule has 44 heavy (non-hydrogen) atoms. The third-order valence-electron chi connectivity index (χ3n) is 7.86. The van der Waals surface area contributed by atoms with Crippen molar-refractivity contribution in [2.24, 2.45) is 0 Å². The molecule has 1 aliphatic carbocycles. The Hall–Kier alpha value is -3.76. The molecule has 1 N–H and O–H groups in total. The van der Waals surface area contributed by atoms with Crippen LogP contribution >= 0.6 is 11.6 Å². The van der Waals surface area contributed by atoms with E-state index in [0.717, 1.165) is 41.1 Å². The van der Waals surface area contributed by atoms with Gasteiger partial charge in [0.1, 0.15) is 12.6 Å². The Morgan fingerprint density at radius 3 is 2.27 bits per heavy atom. The first kappa shape index (κ1) is 33.1. The summed E-state index contributed by atoms with van der Waals surface area (Å²) in [4.78, 5) is 29.3. The summed E-state index contributed by atoms with van der Waals surface area (Å²) in [6, 6.07) is 17.5. The van der Waals surface area contributed by atoms with E-state index in [-0.39, 0.29) is 34.8 Å². The number of hydrogen-bond donors (Lipinski definition) is 1. The van der Waals surface area contributed by atoms with Gasteiger partial charge in [-0.2, -0.15) is 0 Å². The van der Waals surface area contributed by atoms with Crippen LogP contribution in [-0.4, -0.2) is 58.0 Å².